The fourth-order valence-electron chi connectivity index (χ4n) is 3.61. The van der Waals surface area contributed by atoms with Crippen LogP contribution in [0.1, 0.15) is 56.8 Å². The van der Waals surface area contributed by atoms with Crippen LogP contribution in [0.15, 0.2) is 18.2 Å². The Hall–Kier alpha value is -2.67. The lowest BCUT2D eigenvalue weighted by atomic mass is 10.0. The van der Waals surface area contributed by atoms with Crippen LogP contribution >= 0.6 is 11.3 Å². The zero-order chi connectivity index (χ0) is 21.0. The second-order valence-corrected chi connectivity index (χ2v) is 8.47. The summed E-state index contributed by atoms with van der Waals surface area (Å²) in [6.07, 6.45) is 4.21. The van der Waals surface area contributed by atoms with Crippen molar-refractivity contribution in [2.75, 3.05) is 12.4 Å². The van der Waals surface area contributed by atoms with E-state index in [0.29, 0.717) is 10.6 Å². The van der Waals surface area contributed by atoms with Crippen molar-refractivity contribution < 1.29 is 19.1 Å². The van der Waals surface area contributed by atoms with Gasteiger partial charge in [-0.3, -0.25) is 14.9 Å². The molecule has 1 aliphatic carbocycles. The molecule has 0 saturated carbocycles. The van der Waals surface area contributed by atoms with E-state index < -0.39 is 12.0 Å². The van der Waals surface area contributed by atoms with Gasteiger partial charge in [-0.05, 0) is 56.2 Å². The van der Waals surface area contributed by atoms with Crippen LogP contribution in [-0.4, -0.2) is 25.0 Å². The smallest absolute Gasteiger partial charge is 0.413 e. The third-order valence-corrected chi connectivity index (χ3v) is 6.37. The maximum atomic E-state index is 12.8. The highest BCUT2D eigenvalue weighted by molar-refractivity contribution is 7.17. The van der Waals surface area contributed by atoms with Gasteiger partial charge in [0.2, 0.25) is 5.91 Å². The third-order valence-electron chi connectivity index (χ3n) is 5.16. The molecule has 0 unspecified atom stereocenters. The molecule has 3 rings (SSSR count). The number of imide groups is 1. The summed E-state index contributed by atoms with van der Waals surface area (Å²) in [7, 11) is 1.21. The van der Waals surface area contributed by atoms with Crippen molar-refractivity contribution in [3.63, 3.8) is 0 Å². The first-order chi connectivity index (χ1) is 13.9. The number of thiophene rings is 1. The molecule has 154 valence electrons. The highest BCUT2D eigenvalue weighted by Crippen LogP contribution is 2.37. The number of fused-ring (bicyclic) bond motifs is 1. The summed E-state index contributed by atoms with van der Waals surface area (Å²) in [6.45, 7) is 3.97. The van der Waals surface area contributed by atoms with E-state index in [1.807, 2.05) is 32.0 Å². The number of alkyl carbamates (subject to hydrolysis) is 1. The average Bonchev–Trinajstić information content (AvgIpc) is 2.85. The SMILES string of the molecule is COC(=O)NC(=O)c1c(NC(=O)Cc2cc(C)ccc2C)sc2c1CCCCC2. The van der Waals surface area contributed by atoms with Gasteiger partial charge in [0.05, 0.1) is 19.1 Å². The van der Waals surface area contributed by atoms with E-state index in [9.17, 15) is 14.4 Å². The molecule has 0 aliphatic heterocycles. The molecule has 29 heavy (non-hydrogen) atoms. The minimum atomic E-state index is -0.809. The van der Waals surface area contributed by atoms with Gasteiger partial charge in [-0.25, -0.2) is 4.79 Å². The van der Waals surface area contributed by atoms with Crippen molar-refractivity contribution in [3.8, 4) is 0 Å². The van der Waals surface area contributed by atoms with Crippen LogP contribution < -0.4 is 10.6 Å². The van der Waals surface area contributed by atoms with E-state index in [2.05, 4.69) is 15.4 Å². The van der Waals surface area contributed by atoms with Crippen LogP contribution in [-0.2, 0) is 28.8 Å². The first kappa shape index (κ1) is 21.0. The van der Waals surface area contributed by atoms with Gasteiger partial charge in [-0.15, -0.1) is 11.3 Å². The highest BCUT2D eigenvalue weighted by atomic mass is 32.1. The normalized spacial score (nSPS) is 13.2. The Morgan fingerprint density at radius 2 is 1.86 bits per heavy atom. The Morgan fingerprint density at radius 3 is 2.62 bits per heavy atom. The van der Waals surface area contributed by atoms with Gasteiger partial charge in [-0.2, -0.15) is 0 Å². The lowest BCUT2D eigenvalue weighted by Gasteiger charge is -2.10. The number of carbonyl (C=O) groups is 3. The van der Waals surface area contributed by atoms with Crippen molar-refractivity contribution in [2.45, 2.75) is 52.4 Å². The fourth-order valence-corrected chi connectivity index (χ4v) is 4.91. The maximum absolute atomic E-state index is 12.8. The molecule has 6 nitrogen and oxygen atoms in total. The van der Waals surface area contributed by atoms with Crippen molar-refractivity contribution in [1.29, 1.82) is 0 Å². The molecule has 1 heterocycles. The number of carbonyl (C=O) groups excluding carboxylic acids is 3. The molecule has 2 aromatic rings. The Labute approximate surface area is 174 Å². The zero-order valence-corrected chi connectivity index (χ0v) is 17.8. The molecule has 2 N–H and O–H groups in total. The lowest BCUT2D eigenvalue weighted by molar-refractivity contribution is -0.115. The number of hydrogen-bond donors (Lipinski definition) is 2. The molecule has 0 bridgehead atoms. The van der Waals surface area contributed by atoms with Gasteiger partial charge in [-0.1, -0.05) is 30.2 Å². The molecule has 0 spiro atoms. The minimum Gasteiger partial charge on any atom is -0.453 e. The number of amides is 3. The average molecular weight is 415 g/mol. The monoisotopic (exact) mass is 414 g/mol. The van der Waals surface area contributed by atoms with E-state index in [-0.39, 0.29) is 12.3 Å². The Balaban J connectivity index is 1.87. The quantitative estimate of drug-likeness (QED) is 0.730. The standard InChI is InChI=1S/C22H26N2O4S/c1-13-9-10-14(2)15(11-13)12-18(25)23-21-19(20(26)24-22(27)28-3)16-7-5-4-6-8-17(16)29-21/h9-11H,4-8,12H2,1-3H3,(H,23,25)(H,24,26,27). The number of ether oxygens (including phenoxy) is 1. The number of rotatable bonds is 4. The van der Waals surface area contributed by atoms with Gasteiger partial charge in [0, 0.05) is 4.88 Å². The highest BCUT2D eigenvalue weighted by Gasteiger charge is 2.27. The summed E-state index contributed by atoms with van der Waals surface area (Å²) in [4.78, 5) is 38.2. The molecule has 7 heteroatoms. The molecule has 3 amide bonds. The van der Waals surface area contributed by atoms with Crippen LogP contribution in [0.4, 0.5) is 9.80 Å². The first-order valence-electron chi connectivity index (χ1n) is 9.79. The predicted molar refractivity (Wildman–Crippen MR) is 114 cm³/mol. The number of aryl methyl sites for hydroxylation is 3. The zero-order valence-electron chi connectivity index (χ0n) is 17.0. The van der Waals surface area contributed by atoms with Crippen molar-refractivity contribution in [2.24, 2.45) is 0 Å². The molecule has 0 radical (unpaired) electrons. The van der Waals surface area contributed by atoms with Crippen LogP contribution in [0.5, 0.6) is 0 Å². The van der Waals surface area contributed by atoms with Crippen molar-refractivity contribution >= 4 is 34.2 Å². The van der Waals surface area contributed by atoms with E-state index in [0.717, 1.165) is 59.2 Å². The van der Waals surface area contributed by atoms with Gasteiger partial charge < -0.3 is 10.1 Å². The van der Waals surface area contributed by atoms with Crippen LogP contribution in [0, 0.1) is 13.8 Å². The number of hydrogen-bond acceptors (Lipinski definition) is 5. The number of nitrogens with one attached hydrogen (secondary N) is 2. The van der Waals surface area contributed by atoms with E-state index in [1.165, 1.54) is 18.4 Å². The van der Waals surface area contributed by atoms with Gasteiger partial charge in [0.15, 0.2) is 0 Å². The second-order valence-electron chi connectivity index (χ2n) is 7.37. The molecule has 0 fully saturated rings. The number of methoxy groups -OCH3 is 1. The van der Waals surface area contributed by atoms with E-state index >= 15 is 0 Å². The summed E-state index contributed by atoms with van der Waals surface area (Å²) in [6, 6.07) is 6.02. The predicted octanol–water partition coefficient (Wildman–Crippen LogP) is 4.31. The van der Waals surface area contributed by atoms with Crippen molar-refractivity contribution in [1.82, 2.24) is 5.32 Å². The molecule has 1 aliphatic rings. The van der Waals surface area contributed by atoms with Gasteiger partial charge in [0.1, 0.15) is 5.00 Å². The van der Waals surface area contributed by atoms with E-state index in [1.54, 1.807) is 0 Å². The Morgan fingerprint density at radius 1 is 1.10 bits per heavy atom. The Bertz CT molecular complexity index is 949. The summed E-state index contributed by atoms with van der Waals surface area (Å²) < 4.78 is 4.56. The van der Waals surface area contributed by atoms with Crippen LogP contribution in [0.3, 0.4) is 0 Å². The summed E-state index contributed by atoms with van der Waals surface area (Å²) in [5.74, 6) is -0.708. The second kappa shape index (κ2) is 9.22. The molecule has 0 saturated heterocycles. The van der Waals surface area contributed by atoms with E-state index in [4.69, 9.17) is 0 Å². The molecular weight excluding hydrogens is 388 g/mol. The fraction of sp³-hybridized carbons (Fsp3) is 0.409. The maximum Gasteiger partial charge on any atom is 0.413 e. The molecule has 1 aromatic carbocycles. The van der Waals surface area contributed by atoms with Crippen LogP contribution in [0.2, 0.25) is 0 Å². The lowest BCUT2D eigenvalue weighted by Crippen LogP contribution is -2.31. The Kier molecular flexibility index (Phi) is 6.69. The number of anilines is 1. The first-order valence-corrected chi connectivity index (χ1v) is 10.6. The third kappa shape index (κ3) is 5.03. The largest absolute Gasteiger partial charge is 0.453 e. The van der Waals surface area contributed by atoms with Crippen LogP contribution in [0.25, 0.3) is 0 Å². The molecule has 1 aromatic heterocycles. The van der Waals surface area contributed by atoms with Crippen molar-refractivity contribution in [3.05, 3.63) is 50.9 Å². The van der Waals surface area contributed by atoms with Gasteiger partial charge in [0.25, 0.3) is 5.91 Å². The topological polar surface area (TPSA) is 84.5 Å². The summed E-state index contributed by atoms with van der Waals surface area (Å²) in [5.41, 5.74) is 4.44. The number of benzene rings is 1. The summed E-state index contributed by atoms with van der Waals surface area (Å²) in [5, 5.41) is 5.67. The molecular formula is C22H26N2O4S. The summed E-state index contributed by atoms with van der Waals surface area (Å²) >= 11 is 1.44. The molecule has 0 atom stereocenters. The minimum absolute atomic E-state index is 0.178. The van der Waals surface area contributed by atoms with Gasteiger partial charge >= 0.3 is 6.09 Å².